The third kappa shape index (κ3) is 3.90. The smallest absolute Gasteiger partial charge is 0.242 e. The van der Waals surface area contributed by atoms with Crippen LogP contribution >= 0.6 is 11.8 Å². The number of nitrogens with zero attached hydrogens (tertiary/aromatic N) is 3. The van der Waals surface area contributed by atoms with Gasteiger partial charge in [0.2, 0.25) is 5.91 Å². The summed E-state index contributed by atoms with van der Waals surface area (Å²) in [6, 6.07) is 10.6. The maximum Gasteiger partial charge on any atom is 0.242 e. The Morgan fingerprint density at radius 3 is 2.96 bits per heavy atom. The van der Waals surface area contributed by atoms with E-state index < -0.39 is 0 Å². The Balaban J connectivity index is 1.76. The van der Waals surface area contributed by atoms with Crippen molar-refractivity contribution in [3.05, 3.63) is 36.5 Å². The van der Waals surface area contributed by atoms with Crippen LogP contribution in [0.25, 0.3) is 10.9 Å². The highest BCUT2D eigenvalue weighted by molar-refractivity contribution is 7.99. The summed E-state index contributed by atoms with van der Waals surface area (Å²) in [6.45, 7) is 2.25. The average molecular weight is 331 g/mol. The van der Waals surface area contributed by atoms with E-state index in [4.69, 9.17) is 0 Å². The molecule has 0 spiro atoms. The van der Waals surface area contributed by atoms with Gasteiger partial charge in [0.05, 0.1) is 6.04 Å². The lowest BCUT2D eigenvalue weighted by Gasteiger charge is -2.32. The van der Waals surface area contributed by atoms with Crippen molar-refractivity contribution in [3.63, 3.8) is 0 Å². The summed E-state index contributed by atoms with van der Waals surface area (Å²) < 4.78 is 2.07. The molecule has 1 aliphatic heterocycles. The van der Waals surface area contributed by atoms with Gasteiger partial charge >= 0.3 is 0 Å². The lowest BCUT2D eigenvalue weighted by atomic mass is 10.2. The Morgan fingerprint density at radius 1 is 1.30 bits per heavy atom. The van der Waals surface area contributed by atoms with Crippen molar-refractivity contribution in [3.8, 4) is 0 Å². The monoisotopic (exact) mass is 331 g/mol. The first kappa shape index (κ1) is 16.4. The van der Waals surface area contributed by atoms with E-state index in [-0.39, 0.29) is 5.91 Å². The molecule has 1 fully saturated rings. The normalized spacial score (nSPS) is 19.3. The molecule has 1 aromatic heterocycles. The van der Waals surface area contributed by atoms with Crippen LogP contribution in [0.15, 0.2) is 36.5 Å². The van der Waals surface area contributed by atoms with Gasteiger partial charge < -0.3 is 14.4 Å². The van der Waals surface area contributed by atoms with Crippen LogP contribution in [-0.2, 0) is 11.3 Å². The molecule has 0 aliphatic carbocycles. The fourth-order valence-electron chi connectivity index (χ4n) is 3.24. The summed E-state index contributed by atoms with van der Waals surface area (Å²) >= 11 is 1.97. The zero-order valence-corrected chi connectivity index (χ0v) is 14.8. The molecule has 0 radical (unpaired) electrons. The molecule has 1 unspecified atom stereocenters. The minimum absolute atomic E-state index is 0.237. The molecular weight excluding hydrogens is 306 g/mol. The lowest BCUT2D eigenvalue weighted by Crippen LogP contribution is -2.47. The van der Waals surface area contributed by atoms with Crippen LogP contribution in [0.5, 0.6) is 0 Å². The summed E-state index contributed by atoms with van der Waals surface area (Å²) in [6.07, 6.45) is 3.11. The molecule has 1 saturated heterocycles. The van der Waals surface area contributed by atoms with Crippen molar-refractivity contribution in [2.24, 2.45) is 0 Å². The maximum atomic E-state index is 12.9. The number of hydrogen-bond acceptors (Lipinski definition) is 3. The molecule has 1 aromatic carbocycles. The van der Waals surface area contributed by atoms with E-state index in [9.17, 15) is 4.79 Å². The Bertz CT molecular complexity index is 667. The lowest BCUT2D eigenvalue weighted by molar-refractivity contribution is -0.133. The van der Waals surface area contributed by atoms with Crippen LogP contribution < -0.4 is 0 Å². The van der Waals surface area contributed by atoms with E-state index >= 15 is 0 Å². The number of carbonyl (C=O) groups is 1. The number of fused-ring (bicyclic) bond motifs is 1. The fourth-order valence-corrected chi connectivity index (χ4v) is 4.30. The molecular formula is C18H25N3OS. The first-order valence-corrected chi connectivity index (χ1v) is 9.36. The second-order valence-electron chi connectivity index (χ2n) is 6.43. The largest absolute Gasteiger partial charge is 0.338 e. The highest BCUT2D eigenvalue weighted by Crippen LogP contribution is 2.19. The first-order valence-electron chi connectivity index (χ1n) is 8.21. The van der Waals surface area contributed by atoms with Gasteiger partial charge in [0.15, 0.2) is 0 Å². The number of para-hydroxylation sites is 1. The summed E-state index contributed by atoms with van der Waals surface area (Å²) in [5, 5.41) is 1.19. The first-order chi connectivity index (χ1) is 11.1. The molecule has 2 heterocycles. The predicted molar refractivity (Wildman–Crippen MR) is 97.9 cm³/mol. The third-order valence-corrected chi connectivity index (χ3v) is 5.52. The summed E-state index contributed by atoms with van der Waals surface area (Å²) in [4.78, 5) is 17.2. The second kappa shape index (κ2) is 7.41. The third-order valence-electron chi connectivity index (χ3n) is 4.32. The molecule has 1 atom stereocenters. The van der Waals surface area contributed by atoms with Gasteiger partial charge in [-0.3, -0.25) is 4.79 Å². The van der Waals surface area contributed by atoms with E-state index in [0.717, 1.165) is 36.5 Å². The number of rotatable bonds is 4. The molecule has 5 heteroatoms. The van der Waals surface area contributed by atoms with Crippen molar-refractivity contribution < 1.29 is 4.79 Å². The highest BCUT2D eigenvalue weighted by Gasteiger charge is 2.26. The van der Waals surface area contributed by atoms with E-state index in [0.29, 0.717) is 12.6 Å². The van der Waals surface area contributed by atoms with Crippen molar-refractivity contribution in [1.29, 1.82) is 0 Å². The van der Waals surface area contributed by atoms with Gasteiger partial charge in [-0.25, -0.2) is 0 Å². The summed E-state index contributed by atoms with van der Waals surface area (Å²) in [5.41, 5.74) is 1.13. The Hall–Kier alpha value is -1.46. The molecule has 23 heavy (non-hydrogen) atoms. The summed E-state index contributed by atoms with van der Waals surface area (Å²) in [5.74, 6) is 2.43. The maximum absolute atomic E-state index is 12.9. The number of aromatic nitrogens is 1. The van der Waals surface area contributed by atoms with Gasteiger partial charge in [-0.05, 0) is 43.8 Å². The van der Waals surface area contributed by atoms with Crippen LogP contribution in [0, 0.1) is 0 Å². The van der Waals surface area contributed by atoms with Crippen molar-refractivity contribution >= 4 is 28.6 Å². The van der Waals surface area contributed by atoms with Gasteiger partial charge in [0.1, 0.15) is 6.54 Å². The molecule has 0 N–H and O–H groups in total. The van der Waals surface area contributed by atoms with E-state index in [2.05, 4.69) is 46.7 Å². The number of thioether (sulfide) groups is 1. The second-order valence-corrected chi connectivity index (χ2v) is 7.58. The summed E-state index contributed by atoms with van der Waals surface area (Å²) in [7, 11) is 4.16. The standard InChI is InChI=1S/C18H25N3OS/c1-19(2)12-16-14-23-11-5-9-21(16)18(22)13-20-10-8-15-6-3-4-7-17(15)20/h3-4,6-8,10,16H,5,9,11-14H2,1-2H3. The Labute approximate surface area is 142 Å². The van der Waals surface area contributed by atoms with Gasteiger partial charge in [-0.15, -0.1) is 0 Å². The molecule has 2 aromatic rings. The van der Waals surface area contributed by atoms with Crippen LogP contribution in [0.3, 0.4) is 0 Å². The predicted octanol–water partition coefficient (Wildman–Crippen LogP) is 2.54. The number of amides is 1. The average Bonchev–Trinajstić information content (AvgIpc) is 2.78. The van der Waals surface area contributed by atoms with Crippen molar-refractivity contribution in [2.45, 2.75) is 19.0 Å². The van der Waals surface area contributed by atoms with Gasteiger partial charge in [-0.2, -0.15) is 11.8 Å². The van der Waals surface area contributed by atoms with Gasteiger partial charge in [0.25, 0.3) is 0 Å². The SMILES string of the molecule is CN(C)CC1CSCCCN1C(=O)Cn1ccc2ccccc21. The molecule has 0 saturated carbocycles. The molecule has 1 amide bonds. The fraction of sp³-hybridized carbons (Fsp3) is 0.500. The Kier molecular flexibility index (Phi) is 5.28. The molecule has 124 valence electrons. The van der Waals surface area contributed by atoms with E-state index in [1.54, 1.807) is 0 Å². The van der Waals surface area contributed by atoms with Crippen molar-refractivity contribution in [1.82, 2.24) is 14.4 Å². The molecule has 0 bridgehead atoms. The Morgan fingerprint density at radius 2 is 2.13 bits per heavy atom. The van der Waals surface area contributed by atoms with Crippen LogP contribution in [0.1, 0.15) is 6.42 Å². The van der Waals surface area contributed by atoms with Crippen molar-refractivity contribution in [2.75, 3.05) is 38.7 Å². The molecule has 1 aliphatic rings. The number of carbonyl (C=O) groups excluding carboxylic acids is 1. The topological polar surface area (TPSA) is 28.5 Å². The number of likely N-dealkylation sites (N-methyl/N-ethyl adjacent to an activating group) is 1. The zero-order chi connectivity index (χ0) is 16.2. The van der Waals surface area contributed by atoms with E-state index in [1.807, 2.05) is 30.1 Å². The van der Waals surface area contributed by atoms with E-state index in [1.165, 1.54) is 5.39 Å². The van der Waals surface area contributed by atoms with Crippen LogP contribution in [0.2, 0.25) is 0 Å². The zero-order valence-electron chi connectivity index (χ0n) is 13.9. The molecule has 4 nitrogen and oxygen atoms in total. The molecule has 3 rings (SSSR count). The number of benzene rings is 1. The minimum atomic E-state index is 0.237. The van der Waals surface area contributed by atoms with Gasteiger partial charge in [-0.1, -0.05) is 18.2 Å². The van der Waals surface area contributed by atoms with Gasteiger partial charge in [0, 0.05) is 30.6 Å². The highest BCUT2D eigenvalue weighted by atomic mass is 32.2. The number of hydrogen-bond donors (Lipinski definition) is 0. The quantitative estimate of drug-likeness (QED) is 0.862. The minimum Gasteiger partial charge on any atom is -0.338 e. The van der Waals surface area contributed by atoms with Crippen LogP contribution in [0.4, 0.5) is 0 Å². The van der Waals surface area contributed by atoms with Crippen LogP contribution in [-0.4, -0.2) is 65.0 Å².